The summed E-state index contributed by atoms with van der Waals surface area (Å²) in [4.78, 5) is 11.9. The predicted octanol–water partition coefficient (Wildman–Crippen LogP) is 3.91. The van der Waals surface area contributed by atoms with Crippen LogP contribution in [0.15, 0.2) is 72.9 Å². The molecule has 3 aromatic carbocycles. The van der Waals surface area contributed by atoms with Crippen LogP contribution in [0.5, 0.6) is 5.75 Å². The minimum atomic E-state index is -1.03. The number of carboxylic acids is 1. The molecule has 8 heteroatoms. The Hall–Kier alpha value is -4.20. The minimum absolute atomic E-state index is 0.158. The summed E-state index contributed by atoms with van der Waals surface area (Å²) in [6, 6.07) is 17.0. The zero-order chi connectivity index (χ0) is 22.0. The van der Waals surface area contributed by atoms with E-state index in [1.807, 2.05) is 0 Å². The molecule has 0 radical (unpaired) electrons. The summed E-state index contributed by atoms with van der Waals surface area (Å²) in [5, 5.41) is 27.8. The van der Waals surface area contributed by atoms with Gasteiger partial charge in [0.1, 0.15) is 17.3 Å². The van der Waals surface area contributed by atoms with Gasteiger partial charge in [-0.3, -0.25) is 0 Å². The first-order valence-corrected chi connectivity index (χ1v) is 9.49. The molecule has 4 rings (SSSR count). The molecule has 4 N–H and O–H groups in total. The van der Waals surface area contributed by atoms with Gasteiger partial charge in [0.25, 0.3) is 0 Å². The minimum Gasteiger partial charge on any atom is -0.507 e. The van der Waals surface area contributed by atoms with E-state index in [0.717, 1.165) is 17.2 Å². The molecule has 1 aromatic heterocycles. The molecule has 31 heavy (non-hydrogen) atoms. The third-order valence-corrected chi connectivity index (χ3v) is 4.97. The fourth-order valence-corrected chi connectivity index (χ4v) is 3.30. The highest BCUT2D eigenvalue weighted by Gasteiger charge is 2.22. The number of phenols is 1. The third-order valence-electron chi connectivity index (χ3n) is 4.97. The molecule has 1 atom stereocenters. The van der Waals surface area contributed by atoms with Gasteiger partial charge in [-0.25, -0.2) is 13.9 Å². The van der Waals surface area contributed by atoms with E-state index in [-0.39, 0.29) is 12.2 Å². The highest BCUT2D eigenvalue weighted by molar-refractivity contribution is 5.73. The highest BCUT2D eigenvalue weighted by Crippen LogP contribution is 2.30. The van der Waals surface area contributed by atoms with E-state index in [1.54, 1.807) is 54.7 Å². The topological polar surface area (TPSA) is 114 Å². The van der Waals surface area contributed by atoms with E-state index in [4.69, 9.17) is 5.73 Å². The van der Waals surface area contributed by atoms with Crippen LogP contribution in [0.4, 0.5) is 10.1 Å². The number of halogens is 1. The standard InChI is InChI=1S/C23H19FN4O3/c24-17-7-10-19(22(29)12-17)15-3-1-14(2-4-15)11-21(23(30)31)28-13-20(26-27-28)16-5-8-18(25)9-6-16/h1-10,12-13,21,29H,11,25H2,(H,30,31)/t21-/m1/s1. The van der Waals surface area contributed by atoms with Crippen molar-refractivity contribution in [2.45, 2.75) is 12.5 Å². The molecule has 0 amide bonds. The van der Waals surface area contributed by atoms with Gasteiger partial charge in [-0.2, -0.15) is 0 Å². The molecule has 7 nitrogen and oxygen atoms in total. The number of nitrogen functional groups attached to an aromatic ring is 1. The second kappa shape index (κ2) is 8.27. The van der Waals surface area contributed by atoms with Crippen molar-refractivity contribution in [3.8, 4) is 28.1 Å². The van der Waals surface area contributed by atoms with Gasteiger partial charge in [0.2, 0.25) is 0 Å². The van der Waals surface area contributed by atoms with Crippen LogP contribution >= 0.6 is 0 Å². The van der Waals surface area contributed by atoms with Crippen LogP contribution < -0.4 is 5.73 Å². The van der Waals surface area contributed by atoms with Crippen LogP contribution in [-0.2, 0) is 11.2 Å². The zero-order valence-corrected chi connectivity index (χ0v) is 16.3. The first-order chi connectivity index (χ1) is 14.9. The molecule has 4 aromatic rings. The largest absolute Gasteiger partial charge is 0.507 e. The molecule has 0 unspecified atom stereocenters. The molecule has 0 saturated carbocycles. The quantitative estimate of drug-likeness (QED) is 0.409. The van der Waals surface area contributed by atoms with E-state index >= 15 is 0 Å². The van der Waals surface area contributed by atoms with Gasteiger partial charge >= 0.3 is 5.97 Å². The number of aromatic hydroxyl groups is 1. The monoisotopic (exact) mass is 418 g/mol. The van der Waals surface area contributed by atoms with E-state index in [9.17, 15) is 19.4 Å². The Labute approximate surface area is 177 Å². The summed E-state index contributed by atoms with van der Waals surface area (Å²) in [6.45, 7) is 0. The number of aliphatic carboxylic acids is 1. The lowest BCUT2D eigenvalue weighted by Crippen LogP contribution is -2.22. The Morgan fingerprint density at radius 2 is 1.71 bits per heavy atom. The van der Waals surface area contributed by atoms with Crippen LogP contribution in [-0.4, -0.2) is 31.2 Å². The number of benzene rings is 3. The first kappa shape index (κ1) is 20.1. The van der Waals surface area contributed by atoms with Gasteiger partial charge in [0.05, 0.1) is 6.20 Å². The number of anilines is 1. The Morgan fingerprint density at radius 1 is 1.03 bits per heavy atom. The Balaban J connectivity index is 1.55. The summed E-state index contributed by atoms with van der Waals surface area (Å²) in [6.07, 6.45) is 1.78. The van der Waals surface area contributed by atoms with Crippen LogP contribution in [0, 0.1) is 5.82 Å². The number of carboxylic acid groups (broad SMARTS) is 1. The van der Waals surface area contributed by atoms with Crippen molar-refractivity contribution in [1.29, 1.82) is 0 Å². The van der Waals surface area contributed by atoms with Gasteiger partial charge in [-0.05, 0) is 35.4 Å². The molecule has 0 fully saturated rings. The van der Waals surface area contributed by atoms with Crippen LogP contribution in [0.1, 0.15) is 11.6 Å². The van der Waals surface area contributed by atoms with Gasteiger partial charge in [-0.1, -0.05) is 41.6 Å². The lowest BCUT2D eigenvalue weighted by Gasteiger charge is -2.13. The molecule has 0 spiro atoms. The zero-order valence-electron chi connectivity index (χ0n) is 16.3. The summed E-state index contributed by atoms with van der Waals surface area (Å²) in [5.74, 6) is -1.71. The molecule has 0 bridgehead atoms. The fourth-order valence-electron chi connectivity index (χ4n) is 3.30. The van der Waals surface area contributed by atoms with E-state index in [2.05, 4.69) is 10.3 Å². The molecular formula is C23H19FN4O3. The second-order valence-corrected chi connectivity index (χ2v) is 7.12. The molecule has 0 aliphatic carbocycles. The number of nitrogens with zero attached hydrogens (tertiary/aromatic N) is 3. The maximum absolute atomic E-state index is 13.2. The third kappa shape index (κ3) is 4.37. The van der Waals surface area contributed by atoms with Gasteiger partial charge < -0.3 is 15.9 Å². The molecule has 0 aliphatic heterocycles. The SMILES string of the molecule is Nc1ccc(-c2cn([C@H](Cc3ccc(-c4ccc(F)cc4O)cc3)C(=O)O)nn2)cc1. The highest BCUT2D eigenvalue weighted by atomic mass is 19.1. The van der Waals surface area contributed by atoms with Crippen LogP contribution in [0.25, 0.3) is 22.4 Å². The smallest absolute Gasteiger partial charge is 0.328 e. The number of hydrogen-bond donors (Lipinski definition) is 3. The lowest BCUT2D eigenvalue weighted by atomic mass is 10.00. The van der Waals surface area contributed by atoms with Crippen molar-refractivity contribution in [2.75, 3.05) is 5.73 Å². The summed E-state index contributed by atoms with van der Waals surface area (Å²) < 4.78 is 14.5. The van der Waals surface area contributed by atoms with Crippen molar-refractivity contribution < 1.29 is 19.4 Å². The van der Waals surface area contributed by atoms with E-state index in [1.165, 1.54) is 16.8 Å². The lowest BCUT2D eigenvalue weighted by molar-refractivity contribution is -0.141. The van der Waals surface area contributed by atoms with Crippen molar-refractivity contribution in [2.24, 2.45) is 0 Å². The average molecular weight is 418 g/mol. The Bertz CT molecular complexity index is 1220. The molecule has 1 heterocycles. The number of nitrogens with two attached hydrogens (primary N) is 1. The van der Waals surface area contributed by atoms with Crippen LogP contribution in [0.2, 0.25) is 0 Å². The summed E-state index contributed by atoms with van der Waals surface area (Å²) in [5.41, 5.74) is 9.61. The Morgan fingerprint density at radius 3 is 2.35 bits per heavy atom. The number of aromatic nitrogens is 3. The predicted molar refractivity (Wildman–Crippen MR) is 114 cm³/mol. The fraction of sp³-hybridized carbons (Fsp3) is 0.0870. The van der Waals surface area contributed by atoms with Crippen molar-refractivity contribution in [1.82, 2.24) is 15.0 Å². The number of rotatable bonds is 6. The van der Waals surface area contributed by atoms with Gasteiger partial charge in [0, 0.05) is 29.3 Å². The average Bonchev–Trinajstić information content (AvgIpc) is 3.23. The molecular weight excluding hydrogens is 399 g/mol. The summed E-state index contributed by atoms with van der Waals surface area (Å²) >= 11 is 0. The normalized spacial score (nSPS) is 11.9. The van der Waals surface area contributed by atoms with Crippen molar-refractivity contribution in [3.63, 3.8) is 0 Å². The van der Waals surface area contributed by atoms with E-state index in [0.29, 0.717) is 22.5 Å². The maximum Gasteiger partial charge on any atom is 0.328 e. The first-order valence-electron chi connectivity index (χ1n) is 9.49. The van der Waals surface area contributed by atoms with Crippen molar-refractivity contribution in [3.05, 3.63) is 84.3 Å². The Kier molecular flexibility index (Phi) is 5.36. The van der Waals surface area contributed by atoms with E-state index < -0.39 is 17.8 Å². The van der Waals surface area contributed by atoms with Crippen molar-refractivity contribution >= 4 is 11.7 Å². The number of phenolic OH excluding ortho intramolecular Hbond substituents is 1. The van der Waals surface area contributed by atoms with Gasteiger partial charge in [-0.15, -0.1) is 5.10 Å². The maximum atomic E-state index is 13.2. The number of hydrogen-bond acceptors (Lipinski definition) is 5. The molecule has 156 valence electrons. The second-order valence-electron chi connectivity index (χ2n) is 7.12. The summed E-state index contributed by atoms with van der Waals surface area (Å²) in [7, 11) is 0. The molecule has 0 aliphatic rings. The molecule has 0 saturated heterocycles. The van der Waals surface area contributed by atoms with Gasteiger partial charge in [0.15, 0.2) is 6.04 Å². The number of carbonyl (C=O) groups is 1. The van der Waals surface area contributed by atoms with Crippen LogP contribution in [0.3, 0.4) is 0 Å².